The largest absolute Gasteiger partial charge is 0.382 e. The van der Waals surface area contributed by atoms with E-state index in [9.17, 15) is 10.1 Å². The normalized spacial score (nSPS) is 15.2. The molecule has 156 valence electrons. The minimum atomic E-state index is -0.464. The third kappa shape index (κ3) is 2.97. The summed E-state index contributed by atoms with van der Waals surface area (Å²) in [5, 5.41) is 16.2. The van der Waals surface area contributed by atoms with E-state index in [1.54, 1.807) is 15.8 Å². The fourth-order valence-corrected chi connectivity index (χ4v) is 3.97. The van der Waals surface area contributed by atoms with E-state index in [-0.39, 0.29) is 22.8 Å². The SMILES string of the molecule is Cc1cccc2nc([C@H]3CC=NN3c3ncnc(N)c3C#N)n(-c3ccccc3)c(=O)c12. The van der Waals surface area contributed by atoms with Crippen molar-refractivity contribution in [3.63, 3.8) is 0 Å². The van der Waals surface area contributed by atoms with Gasteiger partial charge in [0.05, 0.1) is 16.6 Å². The summed E-state index contributed by atoms with van der Waals surface area (Å²) in [7, 11) is 0. The van der Waals surface area contributed by atoms with Gasteiger partial charge >= 0.3 is 0 Å². The number of nitrogens with two attached hydrogens (primary N) is 1. The molecule has 0 radical (unpaired) electrons. The minimum Gasteiger partial charge on any atom is -0.382 e. The fraction of sp³-hybridized carbons (Fsp3) is 0.130. The molecule has 2 aromatic carbocycles. The highest BCUT2D eigenvalue weighted by Crippen LogP contribution is 2.35. The number of benzene rings is 2. The van der Waals surface area contributed by atoms with Gasteiger partial charge in [-0.1, -0.05) is 30.3 Å². The van der Waals surface area contributed by atoms with Crippen molar-refractivity contribution in [2.24, 2.45) is 5.10 Å². The first-order valence-corrected chi connectivity index (χ1v) is 10.00. The van der Waals surface area contributed by atoms with Crippen molar-refractivity contribution in [3.8, 4) is 11.8 Å². The van der Waals surface area contributed by atoms with E-state index in [0.717, 1.165) is 5.56 Å². The lowest BCUT2D eigenvalue weighted by atomic mass is 10.1. The number of fused-ring (bicyclic) bond motifs is 1. The highest BCUT2D eigenvalue weighted by Gasteiger charge is 2.32. The number of anilines is 2. The lowest BCUT2D eigenvalue weighted by Crippen LogP contribution is -2.31. The lowest BCUT2D eigenvalue weighted by Gasteiger charge is -2.26. The van der Waals surface area contributed by atoms with E-state index >= 15 is 0 Å². The maximum absolute atomic E-state index is 13.7. The lowest BCUT2D eigenvalue weighted by molar-refractivity contribution is 0.626. The molecule has 9 nitrogen and oxygen atoms in total. The fourth-order valence-electron chi connectivity index (χ4n) is 3.97. The smallest absolute Gasteiger partial charge is 0.266 e. The molecule has 9 heteroatoms. The quantitative estimate of drug-likeness (QED) is 0.538. The van der Waals surface area contributed by atoms with Crippen LogP contribution in [-0.2, 0) is 0 Å². The third-order valence-corrected chi connectivity index (χ3v) is 5.46. The highest BCUT2D eigenvalue weighted by molar-refractivity contribution is 5.82. The third-order valence-electron chi connectivity index (χ3n) is 5.46. The Hall–Kier alpha value is -4.58. The van der Waals surface area contributed by atoms with E-state index in [1.165, 1.54) is 6.33 Å². The predicted octanol–water partition coefficient (Wildman–Crippen LogP) is 2.88. The summed E-state index contributed by atoms with van der Waals surface area (Å²) in [4.78, 5) is 26.8. The van der Waals surface area contributed by atoms with Gasteiger partial charge in [-0.05, 0) is 30.7 Å². The van der Waals surface area contributed by atoms with Crippen LogP contribution in [0.1, 0.15) is 29.4 Å². The Bertz CT molecular complexity index is 1470. The van der Waals surface area contributed by atoms with E-state index in [1.807, 2.05) is 55.5 Å². The first-order chi connectivity index (χ1) is 15.6. The van der Waals surface area contributed by atoms with Crippen LogP contribution in [0.3, 0.4) is 0 Å². The minimum absolute atomic E-state index is 0.0703. The number of hydrazone groups is 1. The second-order valence-corrected chi connectivity index (χ2v) is 7.38. The standard InChI is InChI=1S/C23H18N8O/c1-14-6-5-9-17-19(14)23(32)30(15-7-3-2-4-8-15)22(29-17)18-10-11-28-31(18)21-16(12-24)20(25)26-13-27-21/h2-9,11,13,18H,10H2,1H3,(H2,25,26,27)/t18-/m1/s1. The Labute approximate surface area is 183 Å². The summed E-state index contributed by atoms with van der Waals surface area (Å²) in [5.41, 5.74) is 8.01. The van der Waals surface area contributed by atoms with E-state index in [0.29, 0.717) is 28.8 Å². The van der Waals surface area contributed by atoms with Gasteiger partial charge in [-0.2, -0.15) is 10.4 Å². The molecule has 4 aromatic rings. The van der Waals surface area contributed by atoms with Gasteiger partial charge in [0.1, 0.15) is 35.6 Å². The van der Waals surface area contributed by atoms with Crippen LogP contribution in [0.4, 0.5) is 11.6 Å². The van der Waals surface area contributed by atoms with Crippen molar-refractivity contribution in [2.45, 2.75) is 19.4 Å². The molecule has 2 N–H and O–H groups in total. The molecule has 1 atom stereocenters. The monoisotopic (exact) mass is 422 g/mol. The van der Waals surface area contributed by atoms with Gasteiger partial charge in [0.2, 0.25) is 0 Å². The van der Waals surface area contributed by atoms with Crippen LogP contribution >= 0.6 is 0 Å². The van der Waals surface area contributed by atoms with Gasteiger partial charge in [0.25, 0.3) is 5.56 Å². The molecule has 0 aliphatic carbocycles. The average molecular weight is 422 g/mol. The molecule has 0 spiro atoms. The number of nitriles is 1. The van der Waals surface area contributed by atoms with Gasteiger partial charge in [0, 0.05) is 12.6 Å². The van der Waals surface area contributed by atoms with Crippen LogP contribution in [0.15, 0.2) is 64.8 Å². The molecule has 5 rings (SSSR count). The van der Waals surface area contributed by atoms with Crippen LogP contribution in [-0.4, -0.2) is 25.7 Å². The topological polar surface area (TPSA) is 126 Å². The van der Waals surface area contributed by atoms with Crippen molar-refractivity contribution in [2.75, 3.05) is 10.7 Å². The number of aromatic nitrogens is 4. The molecule has 1 aliphatic heterocycles. The van der Waals surface area contributed by atoms with Gasteiger partial charge < -0.3 is 5.73 Å². The van der Waals surface area contributed by atoms with Crippen molar-refractivity contribution >= 4 is 28.8 Å². The van der Waals surface area contributed by atoms with Crippen LogP contribution < -0.4 is 16.3 Å². The number of rotatable bonds is 3. The first-order valence-electron chi connectivity index (χ1n) is 10.00. The van der Waals surface area contributed by atoms with Crippen molar-refractivity contribution in [3.05, 3.63) is 82.2 Å². The Morgan fingerprint density at radius 2 is 1.94 bits per heavy atom. The number of nitrogens with zero attached hydrogens (tertiary/aromatic N) is 7. The molecule has 0 unspecified atom stereocenters. The summed E-state index contributed by atoms with van der Waals surface area (Å²) in [6.07, 6.45) is 3.48. The number of para-hydroxylation sites is 1. The second kappa shape index (κ2) is 7.59. The molecule has 0 bridgehead atoms. The summed E-state index contributed by atoms with van der Waals surface area (Å²) in [6, 6.07) is 16.5. The van der Waals surface area contributed by atoms with Gasteiger partial charge in [-0.15, -0.1) is 0 Å². The maximum Gasteiger partial charge on any atom is 0.266 e. The molecule has 0 saturated heterocycles. The van der Waals surface area contributed by atoms with E-state index in [4.69, 9.17) is 10.7 Å². The summed E-state index contributed by atoms with van der Waals surface area (Å²) < 4.78 is 1.61. The highest BCUT2D eigenvalue weighted by atomic mass is 16.1. The van der Waals surface area contributed by atoms with Gasteiger partial charge in [-0.3, -0.25) is 9.36 Å². The summed E-state index contributed by atoms with van der Waals surface area (Å²) in [6.45, 7) is 1.90. The van der Waals surface area contributed by atoms with Crippen molar-refractivity contribution in [1.29, 1.82) is 5.26 Å². The molecule has 1 aliphatic rings. The number of aryl methyl sites for hydroxylation is 1. The number of hydrogen-bond acceptors (Lipinski definition) is 8. The van der Waals surface area contributed by atoms with Crippen molar-refractivity contribution in [1.82, 2.24) is 19.5 Å². The Balaban J connectivity index is 1.78. The molecular formula is C23H18N8O. The molecule has 2 aromatic heterocycles. The molecule has 0 amide bonds. The zero-order valence-corrected chi connectivity index (χ0v) is 17.2. The zero-order valence-electron chi connectivity index (χ0n) is 17.2. The van der Waals surface area contributed by atoms with Crippen LogP contribution in [0.25, 0.3) is 16.6 Å². The maximum atomic E-state index is 13.7. The zero-order chi connectivity index (χ0) is 22.2. The van der Waals surface area contributed by atoms with Crippen LogP contribution in [0, 0.1) is 18.3 Å². The van der Waals surface area contributed by atoms with Crippen LogP contribution in [0.2, 0.25) is 0 Å². The molecule has 0 saturated carbocycles. The number of nitrogen functional groups attached to an aromatic ring is 1. The summed E-state index contributed by atoms with van der Waals surface area (Å²) in [5.74, 6) is 0.843. The van der Waals surface area contributed by atoms with E-state index in [2.05, 4.69) is 21.1 Å². The Kier molecular flexibility index (Phi) is 4.60. The van der Waals surface area contributed by atoms with Crippen molar-refractivity contribution < 1.29 is 0 Å². The second-order valence-electron chi connectivity index (χ2n) is 7.38. The average Bonchev–Trinajstić information content (AvgIpc) is 3.29. The number of hydrogen-bond donors (Lipinski definition) is 1. The first kappa shape index (κ1) is 19.4. The molecule has 0 fully saturated rings. The Morgan fingerprint density at radius 3 is 2.72 bits per heavy atom. The molecule has 32 heavy (non-hydrogen) atoms. The molecule has 3 heterocycles. The van der Waals surface area contributed by atoms with Gasteiger partial charge in [-0.25, -0.2) is 20.0 Å². The Morgan fingerprint density at radius 1 is 1.12 bits per heavy atom. The van der Waals surface area contributed by atoms with Crippen LogP contribution in [0.5, 0.6) is 0 Å². The van der Waals surface area contributed by atoms with E-state index < -0.39 is 6.04 Å². The molecular weight excluding hydrogens is 404 g/mol. The predicted molar refractivity (Wildman–Crippen MR) is 122 cm³/mol. The summed E-state index contributed by atoms with van der Waals surface area (Å²) >= 11 is 0. The van der Waals surface area contributed by atoms with Gasteiger partial charge in [0.15, 0.2) is 5.82 Å².